The predicted octanol–water partition coefficient (Wildman–Crippen LogP) is 1.20. The highest BCUT2D eigenvalue weighted by Crippen LogP contribution is 2.30. The van der Waals surface area contributed by atoms with Gasteiger partial charge in [0.1, 0.15) is 6.33 Å². The molecule has 1 aromatic rings. The van der Waals surface area contributed by atoms with Crippen molar-refractivity contribution in [2.45, 2.75) is 18.3 Å². The van der Waals surface area contributed by atoms with Gasteiger partial charge in [0.05, 0.1) is 11.1 Å². The molecule has 1 aromatic heterocycles. The normalized spacial score (nSPS) is 29.1. The van der Waals surface area contributed by atoms with Crippen LogP contribution in [-0.4, -0.2) is 21.8 Å². The van der Waals surface area contributed by atoms with Crippen LogP contribution in [0.3, 0.4) is 0 Å². The predicted molar refractivity (Wildman–Crippen MR) is 49.8 cm³/mol. The highest BCUT2D eigenvalue weighted by Gasteiger charge is 2.22. The van der Waals surface area contributed by atoms with Crippen molar-refractivity contribution in [3.63, 3.8) is 0 Å². The van der Waals surface area contributed by atoms with Gasteiger partial charge < -0.3 is 0 Å². The molecule has 2 atom stereocenters. The van der Waals surface area contributed by atoms with Crippen LogP contribution in [0.1, 0.15) is 18.0 Å². The second-order valence-electron chi connectivity index (χ2n) is 2.92. The van der Waals surface area contributed by atoms with Gasteiger partial charge in [0.25, 0.3) is 0 Å². The molecule has 1 N–H and O–H groups in total. The summed E-state index contributed by atoms with van der Waals surface area (Å²) in [5, 5.41) is 3.81. The number of hydrogen-bond acceptors (Lipinski definition) is 4. The fourth-order valence-corrected chi connectivity index (χ4v) is 2.44. The number of rotatable bonds is 1. The second kappa shape index (κ2) is 3.41. The topological polar surface area (TPSA) is 37.8 Å². The zero-order chi connectivity index (χ0) is 8.39. The van der Waals surface area contributed by atoms with Crippen LogP contribution >= 0.6 is 11.8 Å². The van der Waals surface area contributed by atoms with E-state index >= 15 is 0 Å². The Bertz CT molecular complexity index is 252. The van der Waals surface area contributed by atoms with E-state index < -0.39 is 0 Å². The minimum absolute atomic E-state index is 0.364. The average molecular weight is 181 g/mol. The lowest BCUT2D eigenvalue weighted by atomic mass is 10.3. The smallest absolute Gasteiger partial charge is 0.115 e. The van der Waals surface area contributed by atoms with E-state index in [0.29, 0.717) is 11.4 Å². The van der Waals surface area contributed by atoms with E-state index in [1.807, 2.05) is 17.8 Å². The Balaban J connectivity index is 2.11. The van der Waals surface area contributed by atoms with Gasteiger partial charge in [-0.05, 0) is 13.0 Å². The van der Waals surface area contributed by atoms with Crippen LogP contribution < -0.4 is 5.32 Å². The van der Waals surface area contributed by atoms with Crippen LogP contribution in [0.5, 0.6) is 0 Å². The first-order chi connectivity index (χ1) is 5.86. The van der Waals surface area contributed by atoms with Crippen molar-refractivity contribution < 1.29 is 0 Å². The summed E-state index contributed by atoms with van der Waals surface area (Å²) in [5.41, 5.74) is 1.08. The Morgan fingerprint density at radius 3 is 3.17 bits per heavy atom. The first kappa shape index (κ1) is 8.01. The molecule has 1 fully saturated rings. The lowest BCUT2D eigenvalue weighted by Crippen LogP contribution is -2.22. The Kier molecular flexibility index (Phi) is 2.28. The van der Waals surface area contributed by atoms with E-state index in [0.717, 1.165) is 11.4 Å². The van der Waals surface area contributed by atoms with Crippen LogP contribution in [0.15, 0.2) is 18.6 Å². The van der Waals surface area contributed by atoms with Crippen molar-refractivity contribution in [1.82, 2.24) is 15.3 Å². The lowest BCUT2D eigenvalue weighted by molar-refractivity contribution is 0.609. The van der Waals surface area contributed by atoms with E-state index in [-0.39, 0.29) is 0 Å². The van der Waals surface area contributed by atoms with Crippen molar-refractivity contribution >= 4 is 11.8 Å². The Morgan fingerprint density at radius 1 is 1.67 bits per heavy atom. The molecule has 0 aromatic carbocycles. The summed E-state index contributed by atoms with van der Waals surface area (Å²) in [6, 6.07) is 2.55. The monoisotopic (exact) mass is 181 g/mol. The standard InChI is InChI=1S/C8H11N3S/c1-6-4-12-8(11-6)7-2-3-9-5-10-7/h2-3,5-6,8,11H,4H2,1H3. The summed E-state index contributed by atoms with van der Waals surface area (Å²) in [5.74, 6) is 1.16. The molecule has 1 aliphatic heterocycles. The molecule has 0 aliphatic carbocycles. The first-order valence-corrected chi connectivity index (χ1v) is 5.04. The largest absolute Gasteiger partial charge is 0.297 e. The van der Waals surface area contributed by atoms with Crippen LogP contribution in [0.25, 0.3) is 0 Å². The number of aromatic nitrogens is 2. The number of nitrogens with one attached hydrogen (secondary N) is 1. The molecule has 0 radical (unpaired) electrons. The number of nitrogens with zero attached hydrogens (tertiary/aromatic N) is 2. The summed E-state index contributed by atoms with van der Waals surface area (Å²) in [4.78, 5) is 8.09. The highest BCUT2D eigenvalue weighted by atomic mass is 32.2. The Morgan fingerprint density at radius 2 is 2.58 bits per heavy atom. The van der Waals surface area contributed by atoms with Gasteiger partial charge in [-0.15, -0.1) is 11.8 Å². The number of thioether (sulfide) groups is 1. The molecular formula is C8H11N3S. The van der Waals surface area contributed by atoms with E-state index in [1.165, 1.54) is 0 Å². The van der Waals surface area contributed by atoms with E-state index in [9.17, 15) is 0 Å². The molecule has 0 bridgehead atoms. The molecule has 2 heterocycles. The SMILES string of the molecule is CC1CSC(c2ccncn2)N1. The second-order valence-corrected chi connectivity index (χ2v) is 4.05. The Labute approximate surface area is 76.0 Å². The third-order valence-electron chi connectivity index (χ3n) is 1.82. The van der Waals surface area contributed by atoms with Gasteiger partial charge in [0.2, 0.25) is 0 Å². The van der Waals surface area contributed by atoms with Gasteiger partial charge in [0, 0.05) is 18.0 Å². The van der Waals surface area contributed by atoms with Crippen molar-refractivity contribution in [3.05, 3.63) is 24.3 Å². The molecule has 3 nitrogen and oxygen atoms in total. The summed E-state index contributed by atoms with van der Waals surface area (Å²) in [7, 11) is 0. The van der Waals surface area contributed by atoms with E-state index in [4.69, 9.17) is 0 Å². The minimum Gasteiger partial charge on any atom is -0.297 e. The molecule has 64 valence electrons. The van der Waals surface area contributed by atoms with E-state index in [1.54, 1.807) is 12.5 Å². The van der Waals surface area contributed by atoms with Gasteiger partial charge in [-0.25, -0.2) is 9.97 Å². The zero-order valence-electron chi connectivity index (χ0n) is 6.90. The lowest BCUT2D eigenvalue weighted by Gasteiger charge is -2.08. The quantitative estimate of drug-likeness (QED) is 0.706. The maximum absolute atomic E-state index is 4.20. The molecule has 0 amide bonds. The summed E-state index contributed by atoms with van der Waals surface area (Å²) >= 11 is 1.90. The fourth-order valence-electron chi connectivity index (χ4n) is 1.22. The van der Waals surface area contributed by atoms with Gasteiger partial charge in [0.15, 0.2) is 0 Å². The minimum atomic E-state index is 0.364. The van der Waals surface area contributed by atoms with Crippen LogP contribution in [-0.2, 0) is 0 Å². The molecule has 4 heteroatoms. The Hall–Kier alpha value is -0.610. The molecule has 2 rings (SSSR count). The third-order valence-corrected chi connectivity index (χ3v) is 3.23. The molecule has 0 spiro atoms. The molecule has 1 saturated heterocycles. The average Bonchev–Trinajstić information content (AvgIpc) is 2.54. The van der Waals surface area contributed by atoms with Crippen LogP contribution in [0, 0.1) is 0 Å². The first-order valence-electron chi connectivity index (χ1n) is 4.00. The van der Waals surface area contributed by atoms with Crippen molar-refractivity contribution in [2.75, 3.05) is 5.75 Å². The fraction of sp³-hybridized carbons (Fsp3) is 0.500. The van der Waals surface area contributed by atoms with Crippen molar-refractivity contribution in [1.29, 1.82) is 0 Å². The summed E-state index contributed by atoms with van der Waals surface area (Å²) in [6.07, 6.45) is 3.38. The van der Waals surface area contributed by atoms with E-state index in [2.05, 4.69) is 22.2 Å². The molecule has 2 unspecified atom stereocenters. The third kappa shape index (κ3) is 1.59. The van der Waals surface area contributed by atoms with Gasteiger partial charge in [-0.2, -0.15) is 0 Å². The van der Waals surface area contributed by atoms with Gasteiger partial charge in [-0.3, -0.25) is 5.32 Å². The van der Waals surface area contributed by atoms with Crippen LogP contribution in [0.2, 0.25) is 0 Å². The highest BCUT2D eigenvalue weighted by molar-refractivity contribution is 7.99. The van der Waals surface area contributed by atoms with Gasteiger partial charge in [-0.1, -0.05) is 0 Å². The number of hydrogen-bond donors (Lipinski definition) is 1. The molecule has 0 saturated carbocycles. The van der Waals surface area contributed by atoms with Crippen LogP contribution in [0.4, 0.5) is 0 Å². The summed E-state index contributed by atoms with van der Waals surface area (Å²) < 4.78 is 0. The molecule has 1 aliphatic rings. The zero-order valence-corrected chi connectivity index (χ0v) is 7.71. The molecule has 12 heavy (non-hydrogen) atoms. The van der Waals surface area contributed by atoms with Gasteiger partial charge >= 0.3 is 0 Å². The summed E-state index contributed by atoms with van der Waals surface area (Å²) in [6.45, 7) is 2.19. The van der Waals surface area contributed by atoms with Crippen molar-refractivity contribution in [2.24, 2.45) is 0 Å². The van der Waals surface area contributed by atoms with Crippen molar-refractivity contribution in [3.8, 4) is 0 Å². The maximum atomic E-state index is 4.20. The molecular weight excluding hydrogens is 170 g/mol. The maximum Gasteiger partial charge on any atom is 0.115 e.